The number of hydrogen-bond acceptors (Lipinski definition) is 4. The number of nitrogens with zero attached hydrogens (tertiary/aromatic N) is 2. The Morgan fingerprint density at radius 3 is 2.52 bits per heavy atom. The molecule has 3 rings (SSSR count). The monoisotopic (exact) mass is 485 g/mol. The summed E-state index contributed by atoms with van der Waals surface area (Å²) in [6, 6.07) is 3.27. The highest BCUT2D eigenvalue weighted by atomic mass is 79.9. The quantitative estimate of drug-likeness (QED) is 0.437. The van der Waals surface area contributed by atoms with Gasteiger partial charge in [0.05, 0.1) is 40.2 Å². The van der Waals surface area contributed by atoms with Crippen molar-refractivity contribution >= 4 is 101 Å². The largest absolute Gasteiger partial charge is 0.319 e. The molecule has 1 amide bonds. The van der Waals surface area contributed by atoms with Crippen molar-refractivity contribution in [3.63, 3.8) is 0 Å². The first-order valence-electron chi connectivity index (χ1n) is 5.34. The zero-order valence-corrected chi connectivity index (χ0v) is 16.1. The molecule has 1 aromatic carbocycles. The molecule has 2 aromatic rings. The second kappa shape index (κ2) is 6.10. The van der Waals surface area contributed by atoms with Gasteiger partial charge in [-0.2, -0.15) is 8.73 Å². The van der Waals surface area contributed by atoms with Gasteiger partial charge in [-0.05, 0) is 44.0 Å². The summed E-state index contributed by atoms with van der Waals surface area (Å²) in [4.78, 5) is 12.4. The number of halogens is 4. The van der Waals surface area contributed by atoms with Crippen molar-refractivity contribution in [1.82, 2.24) is 0 Å². The summed E-state index contributed by atoms with van der Waals surface area (Å²) in [5.41, 5.74) is 1.92. The number of nitrogens with one attached hydrogen (secondary N) is 1. The molecule has 0 bridgehead atoms. The second-order valence-electron chi connectivity index (χ2n) is 3.87. The summed E-state index contributed by atoms with van der Waals surface area (Å²) in [5, 5.41) is 3.49. The van der Waals surface area contributed by atoms with Crippen LogP contribution in [-0.2, 0) is 11.4 Å². The van der Waals surface area contributed by atoms with E-state index >= 15 is 0 Å². The van der Waals surface area contributed by atoms with Gasteiger partial charge >= 0.3 is 0 Å². The van der Waals surface area contributed by atoms with Crippen molar-refractivity contribution in [2.24, 2.45) is 8.73 Å². The molecule has 0 radical (unpaired) electrons. The Morgan fingerprint density at radius 1 is 1.14 bits per heavy atom. The summed E-state index contributed by atoms with van der Waals surface area (Å²) in [6.45, 7) is 0. The first-order valence-corrected chi connectivity index (χ1v) is 9.22. The predicted molar refractivity (Wildman–Crippen MR) is 95.7 cm³/mol. The third-order valence-electron chi connectivity index (χ3n) is 2.58. The maximum atomic E-state index is 12.4. The molecule has 0 saturated carbocycles. The minimum Gasteiger partial charge on any atom is -0.319 e. The summed E-state index contributed by atoms with van der Waals surface area (Å²) in [7, 11) is 0. The maximum Gasteiger partial charge on any atom is 0.257 e. The highest BCUT2D eigenvalue weighted by Crippen LogP contribution is 2.48. The number of benzene rings is 1. The SMILES string of the molecule is O=C(Nc1c(Cl)cc(Cl)c2c1N=S=N2)c1cc(Br)sc1Br. The first kappa shape index (κ1) is 15.6. The van der Waals surface area contributed by atoms with Crippen LogP contribution in [-0.4, -0.2) is 5.91 Å². The van der Waals surface area contributed by atoms with Crippen molar-refractivity contribution < 1.29 is 4.79 Å². The van der Waals surface area contributed by atoms with E-state index in [0.29, 0.717) is 32.7 Å². The van der Waals surface area contributed by atoms with Crippen LogP contribution in [0, 0.1) is 0 Å². The standard InChI is InChI=1S/C11H3Br2Cl2N3OS2/c12-6-1-3(10(13)20-6)11(19)16-7-4(14)2-5(15)8-9(7)18-21-17-8/h1-2H,(H,16,19). The lowest BCUT2D eigenvalue weighted by molar-refractivity contribution is 0.102. The van der Waals surface area contributed by atoms with Crippen molar-refractivity contribution in [2.75, 3.05) is 5.32 Å². The van der Waals surface area contributed by atoms with Crippen LogP contribution in [0.5, 0.6) is 0 Å². The molecule has 0 aliphatic carbocycles. The van der Waals surface area contributed by atoms with Gasteiger partial charge in [-0.25, -0.2) is 0 Å². The fourth-order valence-electron chi connectivity index (χ4n) is 1.67. The van der Waals surface area contributed by atoms with Crippen LogP contribution in [0.25, 0.3) is 0 Å². The van der Waals surface area contributed by atoms with E-state index < -0.39 is 0 Å². The maximum absolute atomic E-state index is 12.4. The minimum absolute atomic E-state index is 0.289. The van der Waals surface area contributed by atoms with Gasteiger partial charge in [-0.3, -0.25) is 4.79 Å². The average Bonchev–Trinajstić information content (AvgIpc) is 3.01. The number of anilines is 1. The number of hydrogen-bond donors (Lipinski definition) is 1. The average molecular weight is 488 g/mol. The van der Waals surface area contributed by atoms with Gasteiger partial charge in [0.25, 0.3) is 5.91 Å². The molecular formula is C11H3Br2Cl2N3OS2. The van der Waals surface area contributed by atoms with Gasteiger partial charge in [0.15, 0.2) is 0 Å². The molecule has 1 aliphatic heterocycles. The highest BCUT2D eigenvalue weighted by Gasteiger charge is 2.22. The van der Waals surface area contributed by atoms with Gasteiger partial charge in [-0.15, -0.1) is 11.3 Å². The van der Waals surface area contributed by atoms with E-state index in [2.05, 4.69) is 45.9 Å². The molecule has 0 saturated heterocycles. The Bertz CT molecular complexity index is 846. The van der Waals surface area contributed by atoms with Gasteiger partial charge in [0.1, 0.15) is 11.4 Å². The third-order valence-corrected chi connectivity index (χ3v) is 6.04. The Morgan fingerprint density at radius 2 is 1.86 bits per heavy atom. The Labute approximate surface area is 154 Å². The molecule has 21 heavy (non-hydrogen) atoms. The van der Waals surface area contributed by atoms with Crippen LogP contribution in [0.15, 0.2) is 28.4 Å². The Balaban J connectivity index is 2.00. The van der Waals surface area contributed by atoms with Crippen molar-refractivity contribution in [3.05, 3.63) is 35.3 Å². The number of thiophene rings is 1. The number of amides is 1. The molecule has 10 heteroatoms. The number of rotatable bonds is 2. The van der Waals surface area contributed by atoms with E-state index in [1.807, 2.05) is 0 Å². The molecule has 4 nitrogen and oxygen atoms in total. The van der Waals surface area contributed by atoms with Crippen LogP contribution in [0.1, 0.15) is 10.4 Å². The van der Waals surface area contributed by atoms with Crippen LogP contribution >= 0.6 is 66.4 Å². The molecule has 2 heterocycles. The minimum atomic E-state index is -0.289. The van der Waals surface area contributed by atoms with Crippen LogP contribution in [0.3, 0.4) is 0 Å². The number of fused-ring (bicyclic) bond motifs is 1. The van der Waals surface area contributed by atoms with Gasteiger partial charge in [-0.1, -0.05) is 23.2 Å². The second-order valence-corrected chi connectivity index (χ2v) is 8.96. The van der Waals surface area contributed by atoms with Gasteiger partial charge in [0, 0.05) is 0 Å². The van der Waals surface area contributed by atoms with Crippen LogP contribution in [0.4, 0.5) is 17.1 Å². The Hall–Kier alpha value is -0.250. The van der Waals surface area contributed by atoms with Crippen molar-refractivity contribution in [3.8, 4) is 0 Å². The van der Waals surface area contributed by atoms with Crippen molar-refractivity contribution in [1.29, 1.82) is 0 Å². The molecular weight excluding hydrogens is 485 g/mol. The van der Waals surface area contributed by atoms with E-state index in [0.717, 1.165) is 18.9 Å². The van der Waals surface area contributed by atoms with Crippen LogP contribution < -0.4 is 5.32 Å². The predicted octanol–water partition coefficient (Wildman–Crippen LogP) is 6.56. The lowest BCUT2D eigenvalue weighted by Gasteiger charge is -2.10. The molecule has 0 atom stereocenters. The molecule has 1 N–H and O–H groups in total. The van der Waals surface area contributed by atoms with E-state index in [4.69, 9.17) is 23.2 Å². The summed E-state index contributed by atoms with van der Waals surface area (Å²) < 4.78 is 9.81. The molecule has 0 spiro atoms. The zero-order chi connectivity index (χ0) is 15.1. The molecule has 0 unspecified atom stereocenters. The Kier molecular flexibility index (Phi) is 4.54. The van der Waals surface area contributed by atoms with Gasteiger partial charge in [0.2, 0.25) is 0 Å². The third kappa shape index (κ3) is 2.97. The van der Waals surface area contributed by atoms with E-state index in [1.165, 1.54) is 11.3 Å². The number of carbonyl (C=O) groups is 1. The summed E-state index contributed by atoms with van der Waals surface area (Å²) in [5.74, 6) is -0.289. The molecule has 1 aromatic heterocycles. The van der Waals surface area contributed by atoms with E-state index in [-0.39, 0.29) is 5.91 Å². The fraction of sp³-hybridized carbons (Fsp3) is 0. The van der Waals surface area contributed by atoms with E-state index in [9.17, 15) is 4.79 Å². The molecule has 1 aliphatic rings. The molecule has 108 valence electrons. The first-order chi connectivity index (χ1) is 9.97. The van der Waals surface area contributed by atoms with Gasteiger partial charge < -0.3 is 5.32 Å². The molecule has 0 fully saturated rings. The zero-order valence-electron chi connectivity index (χ0n) is 9.79. The van der Waals surface area contributed by atoms with Crippen LogP contribution in [0.2, 0.25) is 10.0 Å². The fourth-order valence-corrected chi connectivity index (χ4v) is 5.62. The highest BCUT2D eigenvalue weighted by molar-refractivity contribution is 9.12. The topological polar surface area (TPSA) is 53.8 Å². The lowest BCUT2D eigenvalue weighted by atomic mass is 10.2. The summed E-state index contributed by atoms with van der Waals surface area (Å²) in [6.07, 6.45) is 0. The van der Waals surface area contributed by atoms with E-state index in [1.54, 1.807) is 12.1 Å². The smallest absolute Gasteiger partial charge is 0.257 e. The lowest BCUT2D eigenvalue weighted by Crippen LogP contribution is -2.12. The van der Waals surface area contributed by atoms with Crippen molar-refractivity contribution in [2.45, 2.75) is 0 Å². The summed E-state index contributed by atoms with van der Waals surface area (Å²) >= 11 is 21.3. The number of carbonyl (C=O) groups excluding carboxylic acids is 1. The normalized spacial score (nSPS) is 12.2.